The Hall–Kier alpha value is -2.57. The highest BCUT2D eigenvalue weighted by molar-refractivity contribution is 5.89. The van der Waals surface area contributed by atoms with Crippen molar-refractivity contribution < 1.29 is 19.1 Å². The zero-order chi connectivity index (χ0) is 17.8. The van der Waals surface area contributed by atoms with Crippen LogP contribution >= 0.6 is 0 Å². The van der Waals surface area contributed by atoms with Crippen molar-refractivity contribution in [3.05, 3.63) is 29.8 Å². The fraction of sp³-hybridized carbons (Fsp3) is 0.500. The van der Waals surface area contributed by atoms with Crippen molar-refractivity contribution in [2.45, 2.75) is 25.8 Å². The van der Waals surface area contributed by atoms with E-state index in [1.54, 1.807) is 12.1 Å². The molecule has 1 heterocycles. The van der Waals surface area contributed by atoms with Crippen LogP contribution in [-0.2, 0) is 20.9 Å². The van der Waals surface area contributed by atoms with Crippen molar-refractivity contribution in [2.24, 2.45) is 11.8 Å². The van der Waals surface area contributed by atoms with Gasteiger partial charge in [0.05, 0.1) is 13.0 Å². The standard InChI is InChI=1S/C18H23N3O4/c1-25-18(24)20-15-6-4-12(5-7-15)9-19-17(23)14-8-16(22)21(11-14)10-13-2-3-13/h4-7,13-14H,2-3,8-11H2,1H3,(H,19,23)(H,20,24). The minimum Gasteiger partial charge on any atom is -0.453 e. The monoisotopic (exact) mass is 345 g/mol. The summed E-state index contributed by atoms with van der Waals surface area (Å²) in [5.74, 6) is 0.392. The Kier molecular flexibility index (Phi) is 5.21. The summed E-state index contributed by atoms with van der Waals surface area (Å²) in [6, 6.07) is 7.14. The molecule has 2 fully saturated rings. The number of hydrogen-bond donors (Lipinski definition) is 2. The third-order valence-electron chi connectivity index (χ3n) is 4.61. The van der Waals surface area contributed by atoms with E-state index < -0.39 is 6.09 Å². The van der Waals surface area contributed by atoms with Crippen LogP contribution in [-0.4, -0.2) is 43.0 Å². The average molecular weight is 345 g/mol. The number of ether oxygens (including phenoxy) is 1. The molecular formula is C18H23N3O4. The first-order valence-electron chi connectivity index (χ1n) is 8.54. The molecule has 2 N–H and O–H groups in total. The first kappa shape index (κ1) is 17.3. The van der Waals surface area contributed by atoms with Crippen LogP contribution < -0.4 is 10.6 Å². The Morgan fingerprint density at radius 2 is 1.96 bits per heavy atom. The zero-order valence-corrected chi connectivity index (χ0v) is 14.3. The Morgan fingerprint density at radius 3 is 2.60 bits per heavy atom. The predicted octanol–water partition coefficient (Wildman–Crippen LogP) is 1.74. The van der Waals surface area contributed by atoms with Gasteiger partial charge in [0.1, 0.15) is 0 Å². The number of hydrogen-bond acceptors (Lipinski definition) is 4. The minimum absolute atomic E-state index is 0.0802. The van der Waals surface area contributed by atoms with E-state index in [4.69, 9.17) is 0 Å². The third kappa shape index (κ3) is 4.71. The summed E-state index contributed by atoms with van der Waals surface area (Å²) < 4.78 is 4.53. The molecule has 3 rings (SSSR count). The summed E-state index contributed by atoms with van der Waals surface area (Å²) in [7, 11) is 1.30. The van der Waals surface area contributed by atoms with E-state index in [1.807, 2.05) is 17.0 Å². The molecule has 7 heteroatoms. The molecule has 0 radical (unpaired) electrons. The molecular weight excluding hydrogens is 322 g/mol. The number of carbonyl (C=O) groups excluding carboxylic acids is 3. The highest BCUT2D eigenvalue weighted by atomic mass is 16.5. The van der Waals surface area contributed by atoms with Crippen molar-refractivity contribution in [3.8, 4) is 0 Å². The van der Waals surface area contributed by atoms with E-state index in [9.17, 15) is 14.4 Å². The summed E-state index contributed by atoms with van der Waals surface area (Å²) >= 11 is 0. The molecule has 1 aliphatic carbocycles. The van der Waals surface area contributed by atoms with Gasteiger partial charge < -0.3 is 15.0 Å². The number of nitrogens with one attached hydrogen (secondary N) is 2. The number of rotatable bonds is 6. The van der Waals surface area contributed by atoms with Gasteiger partial charge in [0.2, 0.25) is 11.8 Å². The molecule has 25 heavy (non-hydrogen) atoms. The maximum absolute atomic E-state index is 12.3. The number of carbonyl (C=O) groups is 3. The molecule has 7 nitrogen and oxygen atoms in total. The van der Waals surface area contributed by atoms with E-state index in [0.29, 0.717) is 31.1 Å². The number of methoxy groups -OCH3 is 1. The van der Waals surface area contributed by atoms with Gasteiger partial charge in [-0.15, -0.1) is 0 Å². The molecule has 0 bridgehead atoms. The normalized spacial score (nSPS) is 19.6. The van der Waals surface area contributed by atoms with Crippen LogP contribution in [0.4, 0.5) is 10.5 Å². The first-order valence-corrected chi connectivity index (χ1v) is 8.54. The van der Waals surface area contributed by atoms with Crippen LogP contribution in [0.5, 0.6) is 0 Å². The molecule has 1 atom stereocenters. The highest BCUT2D eigenvalue weighted by Crippen LogP contribution is 2.32. The number of anilines is 1. The largest absolute Gasteiger partial charge is 0.453 e. The molecule has 1 unspecified atom stereocenters. The summed E-state index contributed by atoms with van der Waals surface area (Å²) in [5.41, 5.74) is 1.54. The molecule has 1 saturated carbocycles. The number of nitrogens with zero attached hydrogens (tertiary/aromatic N) is 1. The first-order chi connectivity index (χ1) is 12.0. The van der Waals surface area contributed by atoms with E-state index in [1.165, 1.54) is 20.0 Å². The minimum atomic E-state index is -0.525. The van der Waals surface area contributed by atoms with Crippen molar-refractivity contribution >= 4 is 23.6 Å². The lowest BCUT2D eigenvalue weighted by Crippen LogP contribution is -2.33. The Morgan fingerprint density at radius 1 is 1.24 bits per heavy atom. The van der Waals surface area contributed by atoms with Crippen LogP contribution in [0.3, 0.4) is 0 Å². The fourth-order valence-corrected chi connectivity index (χ4v) is 2.94. The zero-order valence-electron chi connectivity index (χ0n) is 14.3. The maximum atomic E-state index is 12.3. The topological polar surface area (TPSA) is 87.7 Å². The quantitative estimate of drug-likeness (QED) is 0.822. The summed E-state index contributed by atoms with van der Waals surface area (Å²) in [6.07, 6.45) is 2.17. The van der Waals surface area contributed by atoms with Crippen LogP contribution in [0.15, 0.2) is 24.3 Å². The second-order valence-electron chi connectivity index (χ2n) is 6.67. The third-order valence-corrected chi connectivity index (χ3v) is 4.61. The van der Waals surface area contributed by atoms with Crippen LogP contribution in [0.1, 0.15) is 24.8 Å². The Labute approximate surface area is 146 Å². The molecule has 2 aliphatic rings. The van der Waals surface area contributed by atoms with Gasteiger partial charge in [-0.2, -0.15) is 0 Å². The second-order valence-corrected chi connectivity index (χ2v) is 6.67. The van der Waals surface area contributed by atoms with Crippen LogP contribution in [0, 0.1) is 11.8 Å². The lowest BCUT2D eigenvalue weighted by molar-refractivity contribution is -0.129. The second kappa shape index (κ2) is 7.55. The maximum Gasteiger partial charge on any atom is 0.411 e. The lowest BCUT2D eigenvalue weighted by atomic mass is 10.1. The van der Waals surface area contributed by atoms with E-state index in [0.717, 1.165) is 12.1 Å². The van der Waals surface area contributed by atoms with E-state index in [2.05, 4.69) is 15.4 Å². The molecule has 1 aromatic carbocycles. The fourth-order valence-electron chi connectivity index (χ4n) is 2.94. The van der Waals surface area contributed by atoms with E-state index >= 15 is 0 Å². The molecule has 3 amide bonds. The Balaban J connectivity index is 1.45. The molecule has 1 aromatic rings. The Bertz CT molecular complexity index is 655. The summed E-state index contributed by atoms with van der Waals surface area (Å²) in [5, 5.41) is 5.46. The van der Waals surface area contributed by atoms with Gasteiger partial charge in [-0.05, 0) is 36.5 Å². The van der Waals surface area contributed by atoms with Gasteiger partial charge in [-0.3, -0.25) is 14.9 Å². The summed E-state index contributed by atoms with van der Waals surface area (Å²) in [4.78, 5) is 37.2. The van der Waals surface area contributed by atoms with Gasteiger partial charge >= 0.3 is 6.09 Å². The summed E-state index contributed by atoms with van der Waals surface area (Å²) in [6.45, 7) is 1.73. The predicted molar refractivity (Wildman–Crippen MR) is 91.7 cm³/mol. The van der Waals surface area contributed by atoms with Crippen molar-refractivity contribution in [3.63, 3.8) is 0 Å². The van der Waals surface area contributed by atoms with Gasteiger partial charge in [-0.1, -0.05) is 12.1 Å². The van der Waals surface area contributed by atoms with Crippen molar-refractivity contribution in [1.29, 1.82) is 0 Å². The number of likely N-dealkylation sites (tertiary alicyclic amines) is 1. The SMILES string of the molecule is COC(=O)Nc1ccc(CNC(=O)C2CC(=O)N(CC3CC3)C2)cc1. The van der Waals surface area contributed by atoms with Crippen LogP contribution in [0.2, 0.25) is 0 Å². The molecule has 1 saturated heterocycles. The number of benzene rings is 1. The van der Waals surface area contributed by atoms with Gasteiger partial charge in [0.25, 0.3) is 0 Å². The lowest BCUT2D eigenvalue weighted by Gasteiger charge is -2.16. The molecule has 0 spiro atoms. The smallest absolute Gasteiger partial charge is 0.411 e. The number of amides is 3. The van der Waals surface area contributed by atoms with Crippen LogP contribution in [0.25, 0.3) is 0 Å². The van der Waals surface area contributed by atoms with Crippen molar-refractivity contribution in [1.82, 2.24) is 10.2 Å². The average Bonchev–Trinajstić information content (AvgIpc) is 3.36. The highest BCUT2D eigenvalue weighted by Gasteiger charge is 2.36. The van der Waals surface area contributed by atoms with Crippen molar-refractivity contribution in [2.75, 3.05) is 25.5 Å². The molecule has 134 valence electrons. The van der Waals surface area contributed by atoms with Gasteiger partial charge in [-0.25, -0.2) is 4.79 Å². The van der Waals surface area contributed by atoms with Gasteiger partial charge in [0, 0.05) is 31.7 Å². The van der Waals surface area contributed by atoms with Gasteiger partial charge in [0.15, 0.2) is 0 Å². The van der Waals surface area contributed by atoms with E-state index in [-0.39, 0.29) is 17.7 Å². The molecule has 0 aromatic heterocycles. The molecule has 1 aliphatic heterocycles.